The summed E-state index contributed by atoms with van der Waals surface area (Å²) in [7, 11) is -2.20. The van der Waals surface area contributed by atoms with E-state index in [2.05, 4.69) is 115 Å². The number of nitrogens with zero attached hydrogens (tertiary/aromatic N) is 2. The van der Waals surface area contributed by atoms with Gasteiger partial charge in [-0.1, -0.05) is 231 Å². The second-order valence-electron chi connectivity index (χ2n) is 19.6. The Morgan fingerprint density at radius 1 is 0.486 bits per heavy atom. The molecule has 0 unspecified atom stereocenters. The van der Waals surface area contributed by atoms with Gasteiger partial charge in [-0.15, -0.1) is 0 Å². The van der Waals surface area contributed by atoms with Crippen LogP contribution < -0.4 is 0 Å². The van der Waals surface area contributed by atoms with Gasteiger partial charge in [0.25, 0.3) is 0 Å². The molecule has 8 aromatic carbocycles. The van der Waals surface area contributed by atoms with E-state index in [-0.39, 0.29) is 24.6 Å². The molecule has 370 valence electrons. The third-order valence-electron chi connectivity index (χ3n) is 14.5. The van der Waals surface area contributed by atoms with Gasteiger partial charge in [-0.05, 0) is 75.9 Å². The fraction of sp³-hybridized carbons (Fsp3) is 0.219. The zero-order chi connectivity index (χ0) is 50.0. The van der Waals surface area contributed by atoms with Gasteiger partial charge >= 0.3 is 8.60 Å². The second kappa shape index (κ2) is 20.7. The van der Waals surface area contributed by atoms with Gasteiger partial charge < -0.3 is 23.5 Å². The summed E-state index contributed by atoms with van der Waals surface area (Å²) in [5.41, 5.74) is 7.51. The molecule has 0 radical (unpaired) electrons. The molecular weight excluding hydrogens is 940 g/mol. The lowest BCUT2D eigenvalue weighted by Gasteiger charge is -2.41. The predicted molar refractivity (Wildman–Crippen MR) is 289 cm³/mol. The highest BCUT2D eigenvalue weighted by molar-refractivity contribution is 7.41. The van der Waals surface area contributed by atoms with Crippen molar-refractivity contribution < 1.29 is 32.5 Å². The maximum absolute atomic E-state index is 7.62. The largest absolute Gasteiger partial charge is 0.478 e. The molecule has 4 atom stereocenters. The molecule has 8 aromatic rings. The maximum atomic E-state index is 7.62. The topological polar surface area (TPSA) is 89.3 Å². The minimum Gasteiger partial charge on any atom is -0.478 e. The third-order valence-corrected chi connectivity index (χ3v) is 15.7. The van der Waals surface area contributed by atoms with Crippen LogP contribution in [0.3, 0.4) is 0 Å². The molecule has 0 saturated carbocycles. The Hall–Kier alpha value is -7.07. The summed E-state index contributed by atoms with van der Waals surface area (Å²) in [5.74, 6) is 0.0150. The summed E-state index contributed by atoms with van der Waals surface area (Å²) in [4.78, 5) is 10.3. The van der Waals surface area contributed by atoms with E-state index in [1.54, 1.807) is 0 Å². The number of ether oxygens (including phenoxy) is 4. The molecule has 4 aliphatic heterocycles. The molecule has 0 spiro atoms. The minimum absolute atomic E-state index is 0.0911. The fourth-order valence-corrected chi connectivity index (χ4v) is 12.4. The van der Waals surface area contributed by atoms with E-state index in [1.807, 2.05) is 129 Å². The zero-order valence-corrected chi connectivity index (χ0v) is 42.2. The Labute approximate surface area is 434 Å². The molecule has 0 aliphatic carbocycles. The minimum atomic E-state index is -2.20. The second-order valence-corrected chi connectivity index (χ2v) is 20.7. The first-order chi connectivity index (χ1) is 36.4. The van der Waals surface area contributed by atoms with Gasteiger partial charge in [-0.2, -0.15) is 0 Å². The first kappa shape index (κ1) is 47.9. The summed E-state index contributed by atoms with van der Waals surface area (Å²) >= 11 is 0. The molecule has 4 heterocycles. The first-order valence-electron chi connectivity index (χ1n) is 25.4. The van der Waals surface area contributed by atoms with Crippen LogP contribution in [0.2, 0.25) is 0 Å². The Morgan fingerprint density at radius 2 is 0.878 bits per heavy atom. The van der Waals surface area contributed by atoms with Crippen LogP contribution in [0.5, 0.6) is 0 Å². The molecule has 2 saturated heterocycles. The van der Waals surface area contributed by atoms with E-state index in [4.69, 9.17) is 42.5 Å². The van der Waals surface area contributed by atoms with Crippen LogP contribution in [-0.2, 0) is 56.7 Å². The molecule has 0 amide bonds. The van der Waals surface area contributed by atoms with E-state index < -0.39 is 37.8 Å². The number of benzene rings is 8. The first-order valence-corrected chi connectivity index (χ1v) is 26.5. The highest BCUT2D eigenvalue weighted by atomic mass is 31.2. The molecule has 10 heteroatoms. The van der Waals surface area contributed by atoms with Crippen molar-refractivity contribution in [1.82, 2.24) is 0 Å². The van der Waals surface area contributed by atoms with Gasteiger partial charge in [-0.25, -0.2) is 9.98 Å². The summed E-state index contributed by atoms with van der Waals surface area (Å²) in [6.45, 7) is 5.06. The van der Waals surface area contributed by atoms with Crippen LogP contribution in [0.15, 0.2) is 241 Å². The average molecular weight is 997 g/mol. The van der Waals surface area contributed by atoms with E-state index in [1.165, 1.54) is 0 Å². The van der Waals surface area contributed by atoms with Crippen molar-refractivity contribution in [3.8, 4) is 11.1 Å². The quantitative estimate of drug-likeness (QED) is 0.100. The molecule has 4 aliphatic rings. The number of hydrogen-bond donors (Lipinski definition) is 0. The van der Waals surface area contributed by atoms with Crippen LogP contribution in [0.4, 0.5) is 0 Å². The van der Waals surface area contributed by atoms with Crippen LogP contribution in [-0.4, -0.2) is 43.0 Å². The number of rotatable bonds is 14. The van der Waals surface area contributed by atoms with Crippen LogP contribution in [0, 0.1) is 5.92 Å². The summed E-state index contributed by atoms with van der Waals surface area (Å²) in [6, 6.07) is 78.6. The predicted octanol–water partition coefficient (Wildman–Crippen LogP) is 14.1. The normalized spacial score (nSPS) is 21.7. The van der Waals surface area contributed by atoms with Gasteiger partial charge in [0.15, 0.2) is 28.8 Å². The van der Waals surface area contributed by atoms with Crippen molar-refractivity contribution in [1.29, 1.82) is 0 Å². The average Bonchev–Trinajstić information content (AvgIpc) is 4.24. The fourth-order valence-electron chi connectivity index (χ4n) is 11.0. The van der Waals surface area contributed by atoms with E-state index in [0.717, 1.165) is 55.6 Å². The molecule has 9 nitrogen and oxygen atoms in total. The number of fused-ring (bicyclic) bond motifs is 1. The summed E-state index contributed by atoms with van der Waals surface area (Å²) in [5, 5.41) is 0. The van der Waals surface area contributed by atoms with Crippen molar-refractivity contribution in [2.24, 2.45) is 15.9 Å². The molecule has 0 bridgehead atoms. The Kier molecular flexibility index (Phi) is 13.4. The van der Waals surface area contributed by atoms with Crippen molar-refractivity contribution >= 4 is 20.4 Å². The Bertz CT molecular complexity index is 2970. The van der Waals surface area contributed by atoms with Crippen LogP contribution in [0.1, 0.15) is 70.4 Å². The monoisotopic (exact) mass is 996 g/mol. The van der Waals surface area contributed by atoms with Crippen molar-refractivity contribution in [3.63, 3.8) is 0 Å². The number of hydrogen-bond acceptors (Lipinski definition) is 9. The van der Waals surface area contributed by atoms with Crippen LogP contribution in [0.25, 0.3) is 11.1 Å². The molecule has 12 rings (SSSR count). The lowest BCUT2D eigenvalue weighted by atomic mass is 9.72. The summed E-state index contributed by atoms with van der Waals surface area (Å²) in [6.07, 6.45) is -0.814. The molecular formula is C64H57N2O7P. The zero-order valence-electron chi connectivity index (χ0n) is 41.4. The van der Waals surface area contributed by atoms with E-state index in [0.29, 0.717) is 31.4 Å². The molecule has 0 aromatic heterocycles. The van der Waals surface area contributed by atoms with Gasteiger partial charge in [0.1, 0.15) is 43.4 Å². The Balaban J connectivity index is 0.887. The Morgan fingerprint density at radius 3 is 1.31 bits per heavy atom. The van der Waals surface area contributed by atoms with Crippen LogP contribution >= 0.6 is 8.60 Å². The summed E-state index contributed by atoms with van der Waals surface area (Å²) < 4.78 is 49.6. The van der Waals surface area contributed by atoms with Crippen molar-refractivity contribution in [3.05, 3.63) is 275 Å². The highest BCUT2D eigenvalue weighted by Crippen LogP contribution is 2.65. The number of aliphatic imine (C=N–C) groups is 2. The molecule has 0 N–H and O–H groups in total. The van der Waals surface area contributed by atoms with E-state index in [9.17, 15) is 0 Å². The van der Waals surface area contributed by atoms with Crippen molar-refractivity contribution in [2.45, 2.75) is 68.2 Å². The lowest BCUT2D eigenvalue weighted by Crippen LogP contribution is -2.53. The van der Waals surface area contributed by atoms with E-state index >= 15 is 0 Å². The highest BCUT2D eigenvalue weighted by Gasteiger charge is 2.67. The lowest BCUT2D eigenvalue weighted by molar-refractivity contribution is -0.176. The molecule has 74 heavy (non-hydrogen) atoms. The SMILES string of the molecule is CC1(C)O[C@@H]2[C@@H](O1)C(c1ccccc1)(c1ccccc1)OP(OCc1ccccc1-c1ccc(CC(C3=N[C@H](c4ccccc4)CO3)C3=N[C@H](c4ccccc4)CO3)cc1)OC2(c1ccccc1)c1ccccc1. The third kappa shape index (κ3) is 9.30. The van der Waals surface area contributed by atoms with Crippen molar-refractivity contribution in [2.75, 3.05) is 13.2 Å². The van der Waals surface area contributed by atoms with Gasteiger partial charge in [0, 0.05) is 0 Å². The standard InChI is InChI=1S/C64H57N2O7P/c1-62(2)70-58-59(71-62)64(52-32-17-7-18-33-52,53-34-19-8-20-35-53)73-74(72-63(58,50-28-13-5-14-29-50)51-30-15-6-16-31-51)69-42-49-27-21-22-36-54(49)46-39-37-45(38-40-46)41-55(60-65-56(43-67-60)47-23-9-3-10-24-47)61-66-57(44-68-61)48-25-11-4-12-26-48/h3-40,55-59H,41-44H2,1-2H3/t56-,57-,58+,59+/m0/s1. The van der Waals surface area contributed by atoms with Gasteiger partial charge in [0.05, 0.1) is 6.61 Å². The van der Waals surface area contributed by atoms with Gasteiger partial charge in [0.2, 0.25) is 0 Å². The smallest absolute Gasteiger partial charge is 0.335 e. The van der Waals surface area contributed by atoms with Gasteiger partial charge in [-0.3, -0.25) is 9.05 Å². The molecule has 2 fully saturated rings. The maximum Gasteiger partial charge on any atom is 0.335 e.